The van der Waals surface area contributed by atoms with Gasteiger partial charge in [0.1, 0.15) is 5.69 Å². The number of nitrogens with one attached hydrogen (secondary N) is 1. The van der Waals surface area contributed by atoms with Gasteiger partial charge in [-0.05, 0) is 38.0 Å². The topological polar surface area (TPSA) is 63.8 Å². The van der Waals surface area contributed by atoms with Crippen LogP contribution in [0.5, 0.6) is 0 Å². The Morgan fingerprint density at radius 2 is 1.95 bits per heavy atom. The van der Waals surface area contributed by atoms with Crippen LogP contribution in [0.4, 0.5) is 11.5 Å². The van der Waals surface area contributed by atoms with Crippen LogP contribution in [0.2, 0.25) is 0 Å². The second-order valence-corrected chi connectivity index (χ2v) is 5.19. The molecule has 0 saturated heterocycles. The lowest BCUT2D eigenvalue weighted by Gasteiger charge is -2.13. The molecule has 1 heterocycles. The highest BCUT2D eigenvalue weighted by atomic mass is 15.0. The highest BCUT2D eigenvalue weighted by Gasteiger charge is 2.11. The first kappa shape index (κ1) is 15.0. The van der Waals surface area contributed by atoms with Crippen molar-refractivity contribution in [2.45, 2.75) is 33.6 Å². The van der Waals surface area contributed by atoms with E-state index in [4.69, 9.17) is 5.73 Å². The van der Waals surface area contributed by atoms with Crippen LogP contribution in [-0.2, 0) is 6.42 Å². The van der Waals surface area contributed by atoms with E-state index in [1.165, 1.54) is 5.56 Å². The van der Waals surface area contributed by atoms with Gasteiger partial charge in [0.05, 0.1) is 17.1 Å². The van der Waals surface area contributed by atoms with Gasteiger partial charge in [-0.1, -0.05) is 32.1 Å². The van der Waals surface area contributed by atoms with Gasteiger partial charge in [-0.2, -0.15) is 0 Å². The van der Waals surface area contributed by atoms with E-state index in [0.717, 1.165) is 29.9 Å². The predicted molar refractivity (Wildman–Crippen MR) is 88.4 cm³/mol. The lowest BCUT2D eigenvalue weighted by atomic mass is 10.1. The first-order valence-corrected chi connectivity index (χ1v) is 7.17. The molecule has 0 aliphatic rings. The maximum Gasteiger partial charge on any atom is 0.158 e. The van der Waals surface area contributed by atoms with Gasteiger partial charge in [-0.25, -0.2) is 9.97 Å². The van der Waals surface area contributed by atoms with Crippen molar-refractivity contribution < 1.29 is 0 Å². The third-order valence-electron chi connectivity index (χ3n) is 3.34. The van der Waals surface area contributed by atoms with Crippen molar-refractivity contribution in [2.24, 2.45) is 5.73 Å². The third kappa shape index (κ3) is 3.60. The molecule has 0 radical (unpaired) electrons. The predicted octanol–water partition coefficient (Wildman–Crippen LogP) is 3.72. The van der Waals surface area contributed by atoms with Crippen molar-refractivity contribution in [3.63, 3.8) is 0 Å². The molecule has 21 heavy (non-hydrogen) atoms. The minimum Gasteiger partial charge on any atom is -0.397 e. The standard InChI is InChI=1S/C17H22N4/c1-5-7-14-8-6-9-15(10-14)21-17-16(11(2)18)19-12(3)13(4)20-17/h6,8-10H,2,5,7,18H2,1,3-4H3,(H,20,21). The van der Waals surface area contributed by atoms with Crippen molar-refractivity contribution in [1.82, 2.24) is 9.97 Å². The summed E-state index contributed by atoms with van der Waals surface area (Å²) < 4.78 is 0. The number of nitrogens with zero attached hydrogens (tertiary/aromatic N) is 2. The monoisotopic (exact) mass is 282 g/mol. The molecule has 0 atom stereocenters. The van der Waals surface area contributed by atoms with E-state index in [-0.39, 0.29) is 0 Å². The van der Waals surface area contributed by atoms with E-state index in [1.54, 1.807) is 0 Å². The summed E-state index contributed by atoms with van der Waals surface area (Å²) in [7, 11) is 0. The van der Waals surface area contributed by atoms with Crippen LogP contribution in [0.25, 0.3) is 5.70 Å². The summed E-state index contributed by atoms with van der Waals surface area (Å²) in [5.74, 6) is 0.652. The minimum absolute atomic E-state index is 0.415. The molecule has 2 aromatic rings. The smallest absolute Gasteiger partial charge is 0.158 e. The Morgan fingerprint density at radius 1 is 1.24 bits per heavy atom. The molecule has 0 fully saturated rings. The zero-order valence-electron chi connectivity index (χ0n) is 12.9. The molecule has 0 aliphatic carbocycles. The largest absolute Gasteiger partial charge is 0.397 e. The number of aryl methyl sites for hydroxylation is 3. The molecule has 110 valence electrons. The van der Waals surface area contributed by atoms with Crippen LogP contribution in [0.3, 0.4) is 0 Å². The van der Waals surface area contributed by atoms with Crippen molar-refractivity contribution in [1.29, 1.82) is 0 Å². The molecule has 1 aromatic heterocycles. The Bertz CT molecular complexity index is 662. The average Bonchev–Trinajstić information content (AvgIpc) is 2.43. The van der Waals surface area contributed by atoms with Crippen LogP contribution in [0.15, 0.2) is 30.8 Å². The quantitative estimate of drug-likeness (QED) is 0.877. The Hall–Kier alpha value is -2.36. The summed E-state index contributed by atoms with van der Waals surface area (Å²) in [6, 6.07) is 8.31. The highest BCUT2D eigenvalue weighted by Crippen LogP contribution is 2.23. The van der Waals surface area contributed by atoms with Crippen molar-refractivity contribution in [2.75, 3.05) is 5.32 Å². The average molecular weight is 282 g/mol. The molecule has 0 bridgehead atoms. The van der Waals surface area contributed by atoms with Crippen molar-refractivity contribution >= 4 is 17.2 Å². The number of hydrogen-bond acceptors (Lipinski definition) is 4. The fraction of sp³-hybridized carbons (Fsp3) is 0.294. The number of benzene rings is 1. The summed E-state index contributed by atoms with van der Waals surface area (Å²) in [6.07, 6.45) is 2.18. The molecular weight excluding hydrogens is 260 g/mol. The van der Waals surface area contributed by atoms with Crippen LogP contribution in [-0.4, -0.2) is 9.97 Å². The van der Waals surface area contributed by atoms with Gasteiger partial charge in [-0.3, -0.25) is 0 Å². The zero-order valence-corrected chi connectivity index (χ0v) is 12.9. The molecule has 2 rings (SSSR count). The Morgan fingerprint density at radius 3 is 2.62 bits per heavy atom. The second kappa shape index (κ2) is 6.39. The van der Waals surface area contributed by atoms with E-state index >= 15 is 0 Å². The van der Waals surface area contributed by atoms with Crippen LogP contribution >= 0.6 is 0 Å². The maximum atomic E-state index is 5.83. The SMILES string of the molecule is C=C(N)c1nc(C)c(C)nc1Nc1cccc(CCC)c1. The Balaban J connectivity index is 2.36. The van der Waals surface area contributed by atoms with Gasteiger partial charge in [0.15, 0.2) is 5.82 Å². The van der Waals surface area contributed by atoms with Gasteiger partial charge in [0.2, 0.25) is 0 Å². The highest BCUT2D eigenvalue weighted by molar-refractivity contribution is 5.71. The fourth-order valence-electron chi connectivity index (χ4n) is 2.14. The molecule has 0 spiro atoms. The normalized spacial score (nSPS) is 10.4. The van der Waals surface area contributed by atoms with Gasteiger partial charge >= 0.3 is 0 Å². The fourth-order valence-corrected chi connectivity index (χ4v) is 2.14. The molecule has 0 aliphatic heterocycles. The lowest BCUT2D eigenvalue weighted by Crippen LogP contribution is -2.08. The summed E-state index contributed by atoms with van der Waals surface area (Å²) in [5.41, 5.74) is 10.9. The van der Waals surface area contributed by atoms with Gasteiger partial charge in [0.25, 0.3) is 0 Å². The number of rotatable bonds is 5. The van der Waals surface area contributed by atoms with Crippen molar-refractivity contribution in [3.05, 3.63) is 53.5 Å². The van der Waals surface area contributed by atoms with E-state index in [9.17, 15) is 0 Å². The lowest BCUT2D eigenvalue weighted by molar-refractivity contribution is 0.922. The summed E-state index contributed by atoms with van der Waals surface area (Å²) in [6.45, 7) is 9.80. The first-order valence-electron chi connectivity index (χ1n) is 7.17. The zero-order chi connectivity index (χ0) is 15.4. The number of aromatic nitrogens is 2. The Kier molecular flexibility index (Phi) is 4.58. The maximum absolute atomic E-state index is 5.83. The number of hydrogen-bond donors (Lipinski definition) is 2. The minimum atomic E-state index is 0.415. The molecule has 3 N–H and O–H groups in total. The van der Waals surface area contributed by atoms with E-state index in [0.29, 0.717) is 17.2 Å². The van der Waals surface area contributed by atoms with Gasteiger partial charge in [-0.15, -0.1) is 0 Å². The summed E-state index contributed by atoms with van der Waals surface area (Å²) in [5, 5.41) is 3.31. The summed E-state index contributed by atoms with van der Waals surface area (Å²) >= 11 is 0. The van der Waals surface area contributed by atoms with E-state index in [1.807, 2.05) is 26.0 Å². The third-order valence-corrected chi connectivity index (χ3v) is 3.34. The molecule has 0 unspecified atom stereocenters. The number of anilines is 2. The molecule has 4 heteroatoms. The molecule has 0 amide bonds. The van der Waals surface area contributed by atoms with E-state index < -0.39 is 0 Å². The van der Waals surface area contributed by atoms with Crippen LogP contribution < -0.4 is 11.1 Å². The molecular formula is C17H22N4. The Labute approximate surface area is 126 Å². The second-order valence-electron chi connectivity index (χ2n) is 5.19. The van der Waals surface area contributed by atoms with E-state index in [2.05, 4.69) is 40.9 Å². The molecule has 0 saturated carbocycles. The number of nitrogens with two attached hydrogens (primary N) is 1. The molecule has 4 nitrogen and oxygen atoms in total. The van der Waals surface area contributed by atoms with Gasteiger partial charge in [0, 0.05) is 5.69 Å². The first-order chi connectivity index (χ1) is 10.0. The van der Waals surface area contributed by atoms with Gasteiger partial charge < -0.3 is 11.1 Å². The van der Waals surface area contributed by atoms with Crippen LogP contribution in [0, 0.1) is 13.8 Å². The van der Waals surface area contributed by atoms with Crippen LogP contribution in [0.1, 0.15) is 36.0 Å². The summed E-state index contributed by atoms with van der Waals surface area (Å²) in [4.78, 5) is 9.03. The molecule has 1 aromatic carbocycles. The van der Waals surface area contributed by atoms with Crippen molar-refractivity contribution in [3.8, 4) is 0 Å².